The SMILES string of the molecule is Nc1nccc(-n2cc(C(F)(F)F)cn2)n1. The second-order valence-corrected chi connectivity index (χ2v) is 2.94. The summed E-state index contributed by atoms with van der Waals surface area (Å²) < 4.78 is 37.8. The molecule has 0 spiro atoms. The molecule has 8 heteroatoms. The van der Waals surface area contributed by atoms with Crippen LogP contribution in [0.1, 0.15) is 5.56 Å². The Labute approximate surface area is 87.7 Å². The van der Waals surface area contributed by atoms with E-state index in [-0.39, 0.29) is 11.8 Å². The van der Waals surface area contributed by atoms with E-state index in [4.69, 9.17) is 5.73 Å². The number of nitrogens with two attached hydrogens (primary N) is 1. The van der Waals surface area contributed by atoms with Crippen LogP contribution in [0.5, 0.6) is 0 Å². The van der Waals surface area contributed by atoms with E-state index >= 15 is 0 Å². The monoisotopic (exact) mass is 229 g/mol. The minimum absolute atomic E-state index is 0.0263. The van der Waals surface area contributed by atoms with Crippen LogP contribution in [0.2, 0.25) is 0 Å². The Hall–Kier alpha value is -2.12. The molecule has 2 aromatic heterocycles. The summed E-state index contributed by atoms with van der Waals surface area (Å²) in [6.07, 6.45) is -1.52. The first kappa shape index (κ1) is 10.4. The second-order valence-electron chi connectivity index (χ2n) is 2.94. The van der Waals surface area contributed by atoms with Gasteiger partial charge in [-0.05, 0) is 0 Å². The van der Waals surface area contributed by atoms with Gasteiger partial charge in [0.25, 0.3) is 0 Å². The van der Waals surface area contributed by atoms with Crippen LogP contribution >= 0.6 is 0 Å². The summed E-state index contributed by atoms with van der Waals surface area (Å²) in [5.74, 6) is 0.157. The molecular formula is C8H6F3N5. The normalized spacial score (nSPS) is 11.7. The number of anilines is 1. The molecule has 16 heavy (non-hydrogen) atoms. The fourth-order valence-corrected chi connectivity index (χ4v) is 1.09. The van der Waals surface area contributed by atoms with E-state index in [1.54, 1.807) is 0 Å². The highest BCUT2D eigenvalue weighted by Crippen LogP contribution is 2.28. The van der Waals surface area contributed by atoms with Gasteiger partial charge in [-0.25, -0.2) is 9.67 Å². The zero-order valence-corrected chi connectivity index (χ0v) is 7.81. The van der Waals surface area contributed by atoms with Gasteiger partial charge in [-0.2, -0.15) is 23.3 Å². The van der Waals surface area contributed by atoms with Gasteiger partial charge in [0, 0.05) is 18.5 Å². The van der Waals surface area contributed by atoms with Crippen LogP contribution in [-0.4, -0.2) is 19.7 Å². The van der Waals surface area contributed by atoms with E-state index in [1.165, 1.54) is 12.3 Å². The Morgan fingerprint density at radius 1 is 1.31 bits per heavy atom. The largest absolute Gasteiger partial charge is 0.419 e. The summed E-state index contributed by atoms with van der Waals surface area (Å²) >= 11 is 0. The van der Waals surface area contributed by atoms with Crippen LogP contribution in [0.4, 0.5) is 19.1 Å². The van der Waals surface area contributed by atoms with Gasteiger partial charge in [0.2, 0.25) is 5.95 Å². The van der Waals surface area contributed by atoms with E-state index in [0.29, 0.717) is 0 Å². The van der Waals surface area contributed by atoms with Crippen molar-refractivity contribution < 1.29 is 13.2 Å². The quantitative estimate of drug-likeness (QED) is 0.799. The van der Waals surface area contributed by atoms with Crippen LogP contribution in [0.15, 0.2) is 24.7 Å². The third-order valence-electron chi connectivity index (χ3n) is 1.80. The number of alkyl halides is 3. The predicted octanol–water partition coefficient (Wildman–Crippen LogP) is 1.26. The third-order valence-corrected chi connectivity index (χ3v) is 1.80. The summed E-state index contributed by atoms with van der Waals surface area (Å²) in [5, 5.41) is 3.54. The van der Waals surface area contributed by atoms with Gasteiger partial charge >= 0.3 is 6.18 Å². The molecule has 0 aliphatic heterocycles. The van der Waals surface area contributed by atoms with Gasteiger partial charge in [-0.3, -0.25) is 0 Å². The fraction of sp³-hybridized carbons (Fsp3) is 0.125. The van der Waals surface area contributed by atoms with E-state index in [1.807, 2.05) is 0 Å². The molecule has 2 rings (SSSR count). The molecule has 84 valence electrons. The van der Waals surface area contributed by atoms with E-state index < -0.39 is 11.7 Å². The molecule has 0 amide bonds. The van der Waals surface area contributed by atoms with Crippen molar-refractivity contribution in [2.45, 2.75) is 6.18 Å². The molecule has 0 saturated heterocycles. The van der Waals surface area contributed by atoms with Gasteiger partial charge in [0.05, 0.1) is 11.8 Å². The van der Waals surface area contributed by atoms with Crippen molar-refractivity contribution in [3.05, 3.63) is 30.2 Å². The highest BCUT2D eigenvalue weighted by atomic mass is 19.4. The van der Waals surface area contributed by atoms with Crippen LogP contribution in [0.3, 0.4) is 0 Å². The van der Waals surface area contributed by atoms with Gasteiger partial charge in [-0.15, -0.1) is 0 Å². The summed E-state index contributed by atoms with van der Waals surface area (Å²) in [5.41, 5.74) is 4.46. The van der Waals surface area contributed by atoms with Gasteiger partial charge < -0.3 is 5.73 Å². The molecule has 0 bridgehead atoms. The minimum atomic E-state index is -4.42. The van der Waals surface area contributed by atoms with E-state index in [9.17, 15) is 13.2 Å². The van der Waals surface area contributed by atoms with Crippen molar-refractivity contribution in [1.29, 1.82) is 0 Å². The molecule has 0 aliphatic carbocycles. The molecule has 0 fully saturated rings. The standard InChI is InChI=1S/C8H6F3N5/c9-8(10,11)5-3-14-16(4-5)6-1-2-13-7(12)15-6/h1-4H,(H2,12,13,15). The number of nitrogen functional groups attached to an aromatic ring is 1. The highest BCUT2D eigenvalue weighted by molar-refractivity contribution is 5.28. The zero-order chi connectivity index (χ0) is 11.8. The fourth-order valence-electron chi connectivity index (χ4n) is 1.09. The van der Waals surface area contributed by atoms with Crippen LogP contribution in [0, 0.1) is 0 Å². The average Bonchev–Trinajstić information content (AvgIpc) is 2.65. The maximum Gasteiger partial charge on any atom is 0.419 e. The van der Waals surface area contributed by atoms with E-state index in [2.05, 4.69) is 15.1 Å². The van der Waals surface area contributed by atoms with Crippen molar-refractivity contribution in [3.8, 4) is 5.82 Å². The van der Waals surface area contributed by atoms with Crippen molar-refractivity contribution in [1.82, 2.24) is 19.7 Å². The maximum atomic E-state index is 12.3. The molecule has 2 aromatic rings. The van der Waals surface area contributed by atoms with Crippen LogP contribution in [-0.2, 0) is 6.18 Å². The first-order chi connectivity index (χ1) is 7.47. The van der Waals surface area contributed by atoms with Gasteiger partial charge in [0.15, 0.2) is 5.82 Å². The van der Waals surface area contributed by atoms with Gasteiger partial charge in [-0.1, -0.05) is 0 Å². The number of hydrogen-bond acceptors (Lipinski definition) is 4. The Balaban J connectivity index is 2.39. The molecule has 0 radical (unpaired) electrons. The summed E-state index contributed by atoms with van der Waals surface area (Å²) in [4.78, 5) is 7.36. The highest BCUT2D eigenvalue weighted by Gasteiger charge is 2.32. The van der Waals surface area contributed by atoms with E-state index in [0.717, 1.165) is 17.1 Å². The number of aromatic nitrogens is 4. The summed E-state index contributed by atoms with van der Waals surface area (Å²) in [7, 11) is 0. The lowest BCUT2D eigenvalue weighted by Crippen LogP contribution is -2.04. The lowest BCUT2D eigenvalue weighted by molar-refractivity contribution is -0.137. The Morgan fingerprint density at radius 3 is 2.62 bits per heavy atom. The predicted molar refractivity (Wildman–Crippen MR) is 48.6 cm³/mol. The second kappa shape index (κ2) is 3.47. The van der Waals surface area contributed by atoms with Crippen LogP contribution < -0.4 is 5.73 Å². The molecule has 5 nitrogen and oxygen atoms in total. The first-order valence-corrected chi connectivity index (χ1v) is 4.17. The number of halogens is 3. The zero-order valence-electron chi connectivity index (χ0n) is 7.81. The minimum Gasteiger partial charge on any atom is -0.368 e. The average molecular weight is 229 g/mol. The van der Waals surface area contributed by atoms with Crippen LogP contribution in [0.25, 0.3) is 5.82 Å². The van der Waals surface area contributed by atoms with Crippen molar-refractivity contribution in [2.24, 2.45) is 0 Å². The van der Waals surface area contributed by atoms with Crippen molar-refractivity contribution in [2.75, 3.05) is 5.73 Å². The summed E-state index contributed by atoms with van der Waals surface area (Å²) in [6.45, 7) is 0. The van der Waals surface area contributed by atoms with Crippen molar-refractivity contribution >= 4 is 5.95 Å². The Bertz CT molecular complexity index is 504. The number of hydrogen-bond donors (Lipinski definition) is 1. The Morgan fingerprint density at radius 2 is 2.06 bits per heavy atom. The maximum absolute atomic E-state index is 12.3. The molecule has 0 saturated carbocycles. The lowest BCUT2D eigenvalue weighted by atomic mass is 10.4. The first-order valence-electron chi connectivity index (χ1n) is 4.17. The van der Waals surface area contributed by atoms with Gasteiger partial charge in [0.1, 0.15) is 0 Å². The molecule has 0 unspecified atom stereocenters. The molecule has 0 atom stereocenters. The lowest BCUT2D eigenvalue weighted by Gasteiger charge is -2.01. The Kier molecular flexibility index (Phi) is 2.26. The third kappa shape index (κ3) is 1.95. The number of rotatable bonds is 1. The summed E-state index contributed by atoms with van der Waals surface area (Å²) in [6, 6.07) is 1.41. The molecular weight excluding hydrogens is 223 g/mol. The number of nitrogens with zero attached hydrogens (tertiary/aromatic N) is 4. The molecule has 0 aromatic carbocycles. The molecule has 2 heterocycles. The molecule has 2 N–H and O–H groups in total. The molecule has 0 aliphatic rings. The van der Waals surface area contributed by atoms with Crippen molar-refractivity contribution in [3.63, 3.8) is 0 Å². The topological polar surface area (TPSA) is 69.6 Å². The smallest absolute Gasteiger partial charge is 0.368 e.